The van der Waals surface area contributed by atoms with E-state index in [9.17, 15) is 19.7 Å². The number of benzene rings is 1. The van der Waals surface area contributed by atoms with Gasteiger partial charge in [0, 0.05) is 13.1 Å². The maximum Gasteiger partial charge on any atom is 0.299 e. The van der Waals surface area contributed by atoms with Gasteiger partial charge in [0.05, 0.1) is 10.5 Å². The Hall–Kier alpha value is -2.24. The summed E-state index contributed by atoms with van der Waals surface area (Å²) >= 11 is 0. The van der Waals surface area contributed by atoms with Crippen LogP contribution in [0.5, 0.6) is 0 Å². The first-order valence-electron chi connectivity index (χ1n) is 4.14. The predicted octanol–water partition coefficient (Wildman–Crippen LogP) is 0.754. The second-order valence-electron chi connectivity index (χ2n) is 3.12. The number of rotatable bonds is 1. The fraction of sp³-hybridized carbons (Fsp3) is 0.111. The predicted molar refractivity (Wildman–Crippen MR) is 50.8 cm³/mol. The minimum Gasteiger partial charge on any atom is -0.302 e. The Bertz CT molecular complexity index is 495. The Balaban J connectivity index is 2.74. The van der Waals surface area contributed by atoms with Gasteiger partial charge in [0.2, 0.25) is 0 Å². The van der Waals surface area contributed by atoms with Crippen LogP contribution >= 0.6 is 0 Å². The van der Waals surface area contributed by atoms with Crippen LogP contribution in [-0.2, 0) is 4.79 Å². The molecule has 1 amide bonds. The van der Waals surface area contributed by atoms with Gasteiger partial charge < -0.3 is 4.90 Å². The average molecular weight is 206 g/mol. The molecule has 0 spiro atoms. The molecule has 76 valence electrons. The second-order valence-corrected chi connectivity index (χ2v) is 3.12. The van der Waals surface area contributed by atoms with Gasteiger partial charge in [-0.25, -0.2) is 0 Å². The third-order valence-corrected chi connectivity index (χ3v) is 2.29. The van der Waals surface area contributed by atoms with Crippen LogP contribution in [0.25, 0.3) is 0 Å². The van der Waals surface area contributed by atoms with Crippen LogP contribution in [-0.4, -0.2) is 23.7 Å². The van der Waals surface area contributed by atoms with Crippen molar-refractivity contribution in [1.82, 2.24) is 0 Å². The Morgan fingerprint density at radius 3 is 2.60 bits per heavy atom. The van der Waals surface area contributed by atoms with E-state index in [1.165, 1.54) is 25.2 Å². The minimum atomic E-state index is -0.737. The van der Waals surface area contributed by atoms with Crippen molar-refractivity contribution in [2.75, 3.05) is 11.9 Å². The molecule has 0 saturated heterocycles. The van der Waals surface area contributed by atoms with Crippen molar-refractivity contribution in [3.8, 4) is 0 Å². The molecule has 1 aromatic rings. The lowest BCUT2D eigenvalue weighted by Crippen LogP contribution is -2.25. The zero-order valence-corrected chi connectivity index (χ0v) is 7.76. The van der Waals surface area contributed by atoms with Crippen LogP contribution in [0, 0.1) is 10.1 Å². The molecule has 6 nitrogen and oxygen atoms in total. The second kappa shape index (κ2) is 2.88. The number of nitro groups is 1. The Kier molecular flexibility index (Phi) is 1.79. The highest BCUT2D eigenvalue weighted by molar-refractivity contribution is 6.52. The molecule has 1 aliphatic rings. The first-order chi connectivity index (χ1) is 7.04. The van der Waals surface area contributed by atoms with Gasteiger partial charge in [0.25, 0.3) is 17.4 Å². The van der Waals surface area contributed by atoms with E-state index in [4.69, 9.17) is 0 Å². The highest BCUT2D eigenvalue weighted by Gasteiger charge is 2.38. The Labute approximate surface area is 84.3 Å². The number of carbonyl (C=O) groups excluding carboxylic acids is 2. The number of Topliss-reactive ketones (excluding diaryl/α,β-unsaturated/α-hetero) is 1. The third-order valence-electron chi connectivity index (χ3n) is 2.29. The van der Waals surface area contributed by atoms with Gasteiger partial charge in [0.15, 0.2) is 0 Å². The van der Waals surface area contributed by atoms with Gasteiger partial charge in [-0.05, 0) is 6.07 Å². The molecular weight excluding hydrogens is 200 g/mol. The van der Waals surface area contributed by atoms with Crippen molar-refractivity contribution in [2.45, 2.75) is 0 Å². The molecule has 0 N–H and O–H groups in total. The third kappa shape index (κ3) is 1.11. The number of hydrogen-bond donors (Lipinski definition) is 0. The summed E-state index contributed by atoms with van der Waals surface area (Å²) in [5.41, 5.74) is -0.0524. The van der Waals surface area contributed by atoms with E-state index >= 15 is 0 Å². The number of fused-ring (bicyclic) bond motifs is 1. The van der Waals surface area contributed by atoms with E-state index in [2.05, 4.69) is 0 Å². The summed E-state index contributed by atoms with van der Waals surface area (Å²) in [6.07, 6.45) is 0. The van der Waals surface area contributed by atoms with Crippen LogP contribution in [0.1, 0.15) is 10.4 Å². The Morgan fingerprint density at radius 2 is 2.00 bits per heavy atom. The molecule has 1 heterocycles. The fourth-order valence-electron chi connectivity index (χ4n) is 1.58. The summed E-state index contributed by atoms with van der Waals surface area (Å²) in [5, 5.41) is 10.7. The number of anilines is 1. The summed E-state index contributed by atoms with van der Waals surface area (Å²) < 4.78 is 0. The van der Waals surface area contributed by atoms with Gasteiger partial charge in [-0.1, -0.05) is 6.07 Å². The molecule has 0 radical (unpaired) electrons. The highest BCUT2D eigenvalue weighted by Crippen LogP contribution is 2.36. The summed E-state index contributed by atoms with van der Waals surface area (Å²) in [5.74, 6) is -1.43. The van der Waals surface area contributed by atoms with Crippen molar-refractivity contribution in [1.29, 1.82) is 0 Å². The molecule has 0 unspecified atom stereocenters. The Morgan fingerprint density at radius 1 is 1.33 bits per heavy atom. The molecule has 15 heavy (non-hydrogen) atoms. The lowest BCUT2D eigenvalue weighted by Gasteiger charge is -2.08. The van der Waals surface area contributed by atoms with E-state index in [-0.39, 0.29) is 16.9 Å². The monoisotopic (exact) mass is 206 g/mol. The molecule has 0 aliphatic carbocycles. The zero-order valence-electron chi connectivity index (χ0n) is 7.76. The van der Waals surface area contributed by atoms with Crippen LogP contribution < -0.4 is 4.90 Å². The van der Waals surface area contributed by atoms with Crippen LogP contribution in [0.4, 0.5) is 11.4 Å². The number of likely N-dealkylation sites (N-methyl/N-ethyl adjacent to an activating group) is 1. The molecule has 0 fully saturated rings. The van der Waals surface area contributed by atoms with Crippen molar-refractivity contribution in [2.24, 2.45) is 0 Å². The van der Waals surface area contributed by atoms with Gasteiger partial charge in [-0.2, -0.15) is 0 Å². The van der Waals surface area contributed by atoms with Gasteiger partial charge in [-0.3, -0.25) is 19.7 Å². The topological polar surface area (TPSA) is 80.5 Å². The molecular formula is C9H6N2O4. The lowest BCUT2D eigenvalue weighted by atomic mass is 10.1. The maximum atomic E-state index is 11.4. The van der Waals surface area contributed by atoms with Gasteiger partial charge in [0.1, 0.15) is 5.69 Å². The first-order valence-corrected chi connectivity index (χ1v) is 4.14. The highest BCUT2D eigenvalue weighted by atomic mass is 16.6. The number of nitro benzene ring substituents is 1. The van der Waals surface area contributed by atoms with Crippen molar-refractivity contribution < 1.29 is 14.5 Å². The van der Waals surface area contributed by atoms with Crippen molar-refractivity contribution in [3.05, 3.63) is 33.9 Å². The molecule has 0 aromatic heterocycles. The first kappa shape index (κ1) is 9.32. The molecule has 0 bridgehead atoms. The quantitative estimate of drug-likeness (QED) is 0.386. The van der Waals surface area contributed by atoms with E-state index in [1.807, 2.05) is 0 Å². The van der Waals surface area contributed by atoms with Crippen molar-refractivity contribution >= 4 is 23.1 Å². The summed E-state index contributed by atoms with van der Waals surface area (Å²) in [7, 11) is 1.35. The van der Waals surface area contributed by atoms with Crippen LogP contribution in [0.2, 0.25) is 0 Å². The maximum absolute atomic E-state index is 11.4. The minimum absolute atomic E-state index is 0.0810. The summed E-state index contributed by atoms with van der Waals surface area (Å²) in [4.78, 5) is 33.7. The summed E-state index contributed by atoms with van der Waals surface area (Å²) in [6, 6.07) is 4.06. The van der Waals surface area contributed by atoms with Gasteiger partial charge in [-0.15, -0.1) is 0 Å². The smallest absolute Gasteiger partial charge is 0.299 e. The number of amides is 1. The normalized spacial score (nSPS) is 14.3. The SMILES string of the molecule is CN1C(=O)C(=O)c2cccc([N+](=O)[O-])c21. The molecule has 1 aliphatic heterocycles. The van der Waals surface area contributed by atoms with E-state index in [0.29, 0.717) is 0 Å². The number of ketones is 1. The fourth-order valence-corrected chi connectivity index (χ4v) is 1.58. The zero-order chi connectivity index (χ0) is 11.2. The number of nitrogens with zero attached hydrogens (tertiary/aromatic N) is 2. The summed E-state index contributed by atoms with van der Waals surface area (Å²) in [6.45, 7) is 0. The average Bonchev–Trinajstić information content (AvgIpc) is 2.44. The largest absolute Gasteiger partial charge is 0.302 e. The lowest BCUT2D eigenvalue weighted by molar-refractivity contribution is -0.384. The molecule has 0 saturated carbocycles. The number of hydrogen-bond acceptors (Lipinski definition) is 4. The van der Waals surface area contributed by atoms with Gasteiger partial charge >= 0.3 is 0 Å². The van der Waals surface area contributed by atoms with Crippen LogP contribution in [0.15, 0.2) is 18.2 Å². The molecule has 1 aromatic carbocycles. The molecule has 6 heteroatoms. The standard InChI is InChI=1S/C9H6N2O4/c1-10-7-5(8(12)9(10)13)3-2-4-6(7)11(14)15/h2-4H,1H3. The number of carbonyl (C=O) groups is 2. The van der Waals surface area contributed by atoms with E-state index in [1.54, 1.807) is 0 Å². The number of para-hydroxylation sites is 1. The molecule has 0 atom stereocenters. The van der Waals surface area contributed by atoms with E-state index in [0.717, 1.165) is 4.90 Å². The molecule has 2 rings (SSSR count). The van der Waals surface area contributed by atoms with E-state index < -0.39 is 16.6 Å². The van der Waals surface area contributed by atoms with Crippen LogP contribution in [0.3, 0.4) is 0 Å². The van der Waals surface area contributed by atoms with Crippen molar-refractivity contribution in [3.63, 3.8) is 0 Å².